The van der Waals surface area contributed by atoms with Gasteiger partial charge in [-0.1, -0.05) is 6.42 Å². The summed E-state index contributed by atoms with van der Waals surface area (Å²) in [6.45, 7) is 6.09. The Hall–Kier alpha value is -1.82. The second kappa shape index (κ2) is 7.17. The molecule has 126 valence electrons. The summed E-state index contributed by atoms with van der Waals surface area (Å²) >= 11 is 0. The number of hydrogen-bond acceptors (Lipinski definition) is 5. The van der Waals surface area contributed by atoms with E-state index in [9.17, 15) is 9.59 Å². The van der Waals surface area contributed by atoms with Crippen molar-refractivity contribution in [3.63, 3.8) is 0 Å². The first-order valence-electron chi connectivity index (χ1n) is 8.37. The molecule has 1 saturated heterocycles. The molecule has 0 bridgehead atoms. The van der Waals surface area contributed by atoms with Crippen molar-refractivity contribution in [3.05, 3.63) is 23.7 Å². The molecule has 3 rings (SSSR count). The van der Waals surface area contributed by atoms with E-state index in [-0.39, 0.29) is 11.7 Å². The van der Waals surface area contributed by atoms with Crippen LogP contribution in [0.4, 0.5) is 0 Å². The van der Waals surface area contributed by atoms with Crippen molar-refractivity contribution in [3.8, 4) is 0 Å². The molecule has 1 amide bonds. The molecule has 1 aromatic heterocycles. The Bertz CT molecular complexity index is 557. The predicted molar refractivity (Wildman–Crippen MR) is 84.1 cm³/mol. The van der Waals surface area contributed by atoms with Crippen molar-refractivity contribution in [2.45, 2.75) is 26.2 Å². The van der Waals surface area contributed by atoms with Crippen LogP contribution in [0, 0.1) is 12.8 Å². The van der Waals surface area contributed by atoms with E-state index in [0.717, 1.165) is 44.6 Å². The van der Waals surface area contributed by atoms with E-state index in [2.05, 4.69) is 4.90 Å². The van der Waals surface area contributed by atoms with Gasteiger partial charge in [0.05, 0.1) is 6.26 Å². The van der Waals surface area contributed by atoms with Gasteiger partial charge in [-0.05, 0) is 25.8 Å². The fourth-order valence-corrected chi connectivity index (χ4v) is 3.02. The van der Waals surface area contributed by atoms with E-state index in [1.165, 1.54) is 12.7 Å². The van der Waals surface area contributed by atoms with Crippen molar-refractivity contribution in [1.82, 2.24) is 9.80 Å². The lowest BCUT2D eigenvalue weighted by Gasteiger charge is -2.38. The normalized spacial score (nSPS) is 19.4. The summed E-state index contributed by atoms with van der Waals surface area (Å²) in [4.78, 5) is 28.2. The standard InChI is InChI=1S/C17H24N2O4/c1-13-5-11-22-15(13)17(21)23-12-10-18-6-8-19(9-7-18)16(20)14-3-2-4-14/h5,11,14H,2-4,6-10,12H2,1H3. The third-order valence-corrected chi connectivity index (χ3v) is 4.83. The summed E-state index contributed by atoms with van der Waals surface area (Å²) in [7, 11) is 0. The zero-order valence-electron chi connectivity index (χ0n) is 13.6. The van der Waals surface area contributed by atoms with Crippen LogP contribution in [0.2, 0.25) is 0 Å². The summed E-state index contributed by atoms with van der Waals surface area (Å²) in [5.41, 5.74) is 0.790. The molecular formula is C17H24N2O4. The van der Waals surface area contributed by atoms with Crippen molar-refractivity contribution in [1.29, 1.82) is 0 Å². The monoisotopic (exact) mass is 320 g/mol. The Labute approximate surface area is 136 Å². The highest BCUT2D eigenvalue weighted by Crippen LogP contribution is 2.28. The van der Waals surface area contributed by atoms with Gasteiger partial charge in [0.25, 0.3) is 0 Å². The molecule has 0 unspecified atom stereocenters. The maximum Gasteiger partial charge on any atom is 0.374 e. The first-order chi connectivity index (χ1) is 11.1. The minimum Gasteiger partial charge on any atom is -0.458 e. The quantitative estimate of drug-likeness (QED) is 0.773. The number of aryl methyl sites for hydroxylation is 1. The average Bonchev–Trinajstić information content (AvgIpc) is 2.92. The SMILES string of the molecule is Cc1ccoc1C(=O)OCCN1CCN(C(=O)C2CCC2)CC1. The van der Waals surface area contributed by atoms with Crippen LogP contribution >= 0.6 is 0 Å². The van der Waals surface area contributed by atoms with Crippen LogP contribution in [-0.4, -0.2) is 61.0 Å². The first kappa shape index (κ1) is 16.1. The highest BCUT2D eigenvalue weighted by atomic mass is 16.5. The molecule has 0 spiro atoms. The third-order valence-electron chi connectivity index (χ3n) is 4.83. The summed E-state index contributed by atoms with van der Waals surface area (Å²) in [6, 6.07) is 1.74. The Balaban J connectivity index is 1.35. The van der Waals surface area contributed by atoms with Gasteiger partial charge in [-0.2, -0.15) is 0 Å². The van der Waals surface area contributed by atoms with Gasteiger partial charge < -0.3 is 14.1 Å². The van der Waals surface area contributed by atoms with Crippen LogP contribution in [0.15, 0.2) is 16.7 Å². The predicted octanol–water partition coefficient (Wildman–Crippen LogP) is 1.69. The molecule has 0 atom stereocenters. The van der Waals surface area contributed by atoms with Crippen molar-refractivity contribution in [2.75, 3.05) is 39.3 Å². The molecule has 1 saturated carbocycles. The molecule has 2 fully saturated rings. The molecule has 0 aromatic carbocycles. The fraction of sp³-hybridized carbons (Fsp3) is 0.647. The number of carbonyl (C=O) groups excluding carboxylic acids is 2. The van der Waals surface area contributed by atoms with Crippen molar-refractivity contribution in [2.24, 2.45) is 5.92 Å². The maximum atomic E-state index is 12.2. The van der Waals surface area contributed by atoms with E-state index >= 15 is 0 Å². The Kier molecular flexibility index (Phi) is 5.00. The Morgan fingerprint density at radius 1 is 1.26 bits per heavy atom. The zero-order valence-corrected chi connectivity index (χ0v) is 13.6. The van der Waals surface area contributed by atoms with Gasteiger partial charge >= 0.3 is 5.97 Å². The summed E-state index contributed by atoms with van der Waals surface area (Å²) < 4.78 is 10.4. The molecule has 0 radical (unpaired) electrons. The van der Waals surface area contributed by atoms with Gasteiger partial charge in [-0.3, -0.25) is 9.69 Å². The minimum atomic E-state index is -0.411. The number of esters is 1. The second-order valence-electron chi connectivity index (χ2n) is 6.36. The van der Waals surface area contributed by atoms with Crippen LogP contribution in [0.3, 0.4) is 0 Å². The van der Waals surface area contributed by atoms with Gasteiger partial charge in [-0.25, -0.2) is 4.79 Å². The topological polar surface area (TPSA) is 63.0 Å². The molecule has 6 heteroatoms. The molecule has 23 heavy (non-hydrogen) atoms. The molecule has 2 heterocycles. The largest absolute Gasteiger partial charge is 0.458 e. The third kappa shape index (κ3) is 3.75. The average molecular weight is 320 g/mol. The van der Waals surface area contributed by atoms with Crippen LogP contribution in [0.5, 0.6) is 0 Å². The smallest absolute Gasteiger partial charge is 0.374 e. The number of amides is 1. The second-order valence-corrected chi connectivity index (χ2v) is 6.36. The van der Waals surface area contributed by atoms with E-state index < -0.39 is 5.97 Å². The van der Waals surface area contributed by atoms with Crippen molar-refractivity contribution < 1.29 is 18.7 Å². The molecule has 6 nitrogen and oxygen atoms in total. The molecule has 1 aliphatic heterocycles. The zero-order chi connectivity index (χ0) is 16.2. The number of nitrogens with zero attached hydrogens (tertiary/aromatic N) is 2. The summed E-state index contributed by atoms with van der Waals surface area (Å²) in [5, 5.41) is 0. The summed E-state index contributed by atoms with van der Waals surface area (Å²) in [6.07, 6.45) is 4.80. The summed E-state index contributed by atoms with van der Waals surface area (Å²) in [5.74, 6) is 0.474. The molecule has 0 N–H and O–H groups in total. The number of piperazine rings is 1. The van der Waals surface area contributed by atoms with Gasteiger partial charge in [0, 0.05) is 44.2 Å². The van der Waals surface area contributed by atoms with E-state index in [1.807, 2.05) is 11.8 Å². The van der Waals surface area contributed by atoms with Crippen LogP contribution < -0.4 is 0 Å². The number of rotatable bonds is 5. The van der Waals surface area contributed by atoms with Gasteiger partial charge in [0.1, 0.15) is 6.61 Å². The highest BCUT2D eigenvalue weighted by Gasteiger charge is 2.31. The van der Waals surface area contributed by atoms with Crippen molar-refractivity contribution >= 4 is 11.9 Å². The van der Waals surface area contributed by atoms with Crippen LogP contribution in [-0.2, 0) is 9.53 Å². The Morgan fingerprint density at radius 3 is 2.57 bits per heavy atom. The van der Waals surface area contributed by atoms with Crippen LogP contribution in [0.25, 0.3) is 0 Å². The fourth-order valence-electron chi connectivity index (χ4n) is 3.02. The van der Waals surface area contributed by atoms with Gasteiger partial charge in [-0.15, -0.1) is 0 Å². The van der Waals surface area contributed by atoms with E-state index in [4.69, 9.17) is 9.15 Å². The minimum absolute atomic E-state index is 0.277. The lowest BCUT2D eigenvalue weighted by molar-refractivity contribution is -0.140. The lowest BCUT2D eigenvalue weighted by Crippen LogP contribution is -2.51. The number of ether oxygens (including phenoxy) is 1. The first-order valence-corrected chi connectivity index (χ1v) is 8.37. The van der Waals surface area contributed by atoms with Crippen LogP contribution in [0.1, 0.15) is 35.4 Å². The van der Waals surface area contributed by atoms with E-state index in [1.54, 1.807) is 6.07 Å². The molecule has 2 aliphatic rings. The Morgan fingerprint density at radius 2 is 2.00 bits per heavy atom. The number of hydrogen-bond donors (Lipinski definition) is 0. The number of carbonyl (C=O) groups is 2. The molecule has 1 aromatic rings. The molecular weight excluding hydrogens is 296 g/mol. The number of furan rings is 1. The van der Waals surface area contributed by atoms with E-state index in [0.29, 0.717) is 19.1 Å². The molecule has 1 aliphatic carbocycles. The highest BCUT2D eigenvalue weighted by molar-refractivity contribution is 5.87. The van der Waals surface area contributed by atoms with Gasteiger partial charge in [0.15, 0.2) is 0 Å². The van der Waals surface area contributed by atoms with Gasteiger partial charge in [0.2, 0.25) is 11.7 Å². The lowest BCUT2D eigenvalue weighted by atomic mass is 9.84. The maximum absolute atomic E-state index is 12.2.